The highest BCUT2D eigenvalue weighted by atomic mass is 19.4. The van der Waals surface area contributed by atoms with Crippen LogP contribution in [0.5, 0.6) is 0 Å². The van der Waals surface area contributed by atoms with Crippen LogP contribution in [0.2, 0.25) is 0 Å². The van der Waals surface area contributed by atoms with E-state index in [0.29, 0.717) is 112 Å². The molecule has 1 atom stereocenters. The van der Waals surface area contributed by atoms with Crippen molar-refractivity contribution in [2.24, 2.45) is 34.3 Å². The number of anilines is 4. The van der Waals surface area contributed by atoms with Gasteiger partial charge in [-0.05, 0) is 134 Å². The van der Waals surface area contributed by atoms with Crippen molar-refractivity contribution in [2.75, 3.05) is 93.3 Å². The highest BCUT2D eigenvalue weighted by Gasteiger charge is 2.42. The Kier molecular flexibility index (Phi) is 23.4. The number of aromatic nitrogens is 16. The van der Waals surface area contributed by atoms with Gasteiger partial charge in [0.1, 0.15) is 46.0 Å². The molecule has 15 heterocycles. The predicted octanol–water partition coefficient (Wildman–Crippen LogP) is 16.4. The third kappa shape index (κ3) is 17.8. The smallest absolute Gasteiger partial charge is 0.370 e. The summed E-state index contributed by atoms with van der Waals surface area (Å²) in [5, 5.41) is 52.0. The van der Waals surface area contributed by atoms with Crippen LogP contribution in [-0.2, 0) is 23.9 Å². The molecule has 34 heteroatoms. The number of nitrogens with one attached hydrogen (secondary N) is 11. The Morgan fingerprint density at radius 2 is 0.804 bits per heavy atom. The molecule has 0 saturated carbocycles. The second-order valence-electron chi connectivity index (χ2n) is 29.3. The van der Waals surface area contributed by atoms with Crippen LogP contribution in [0.15, 0.2) is 152 Å². The summed E-state index contributed by atoms with van der Waals surface area (Å²) in [7, 11) is 0. The number of H-pyrrole nitrogens is 4. The Hall–Kier alpha value is -11.4. The number of benzene rings is 1. The average Bonchev–Trinajstić information content (AvgIpc) is 1.69. The summed E-state index contributed by atoms with van der Waals surface area (Å²) in [5.41, 5.74) is 7.12. The maximum atomic E-state index is 14.4. The molecular formula is C78H98F10N24. The van der Waals surface area contributed by atoms with E-state index < -0.39 is 35.2 Å². The Labute approximate surface area is 646 Å². The number of fused-ring (bicyclic) bond motifs is 4. The largest absolute Gasteiger partial charge is 0.418 e. The second kappa shape index (κ2) is 33.3. The Bertz CT molecular complexity index is 5370. The molecule has 1 aromatic carbocycles. The third-order valence-corrected chi connectivity index (χ3v) is 20.2. The fourth-order valence-corrected chi connectivity index (χ4v) is 14.3. The van der Waals surface area contributed by atoms with E-state index in [2.05, 4.69) is 146 Å². The van der Waals surface area contributed by atoms with Gasteiger partial charge in [-0.3, -0.25) is 20.4 Å². The zero-order chi connectivity index (χ0) is 79.0. The second-order valence-corrected chi connectivity index (χ2v) is 29.3. The minimum absolute atomic E-state index is 0. The number of rotatable bonds is 23. The van der Waals surface area contributed by atoms with Crippen LogP contribution in [0.1, 0.15) is 86.1 Å². The Balaban J connectivity index is 0.000000242. The van der Waals surface area contributed by atoms with E-state index in [1.807, 2.05) is 43.3 Å². The minimum atomic E-state index is -4.57. The zero-order valence-corrected chi connectivity index (χ0v) is 61.8. The number of pyridine rings is 8. The molecule has 3 saturated heterocycles. The molecule has 0 amide bonds. The van der Waals surface area contributed by atoms with Crippen molar-refractivity contribution in [1.82, 2.24) is 96.6 Å². The molecule has 1 unspecified atom stereocenters. The molecule has 3 aliphatic rings. The molecule has 16 rings (SSSR count). The third-order valence-electron chi connectivity index (χ3n) is 20.2. The lowest BCUT2D eigenvalue weighted by atomic mass is 9.75. The van der Waals surface area contributed by atoms with Crippen LogP contribution in [0.25, 0.3) is 89.7 Å². The van der Waals surface area contributed by atoms with Gasteiger partial charge in [0.2, 0.25) is 0 Å². The van der Waals surface area contributed by atoms with E-state index in [4.69, 9.17) is 5.73 Å². The Morgan fingerprint density at radius 1 is 0.446 bits per heavy atom. The van der Waals surface area contributed by atoms with Crippen molar-refractivity contribution in [3.63, 3.8) is 0 Å². The van der Waals surface area contributed by atoms with Crippen LogP contribution in [0.4, 0.5) is 67.2 Å². The molecule has 0 bridgehead atoms. The number of nitrogens with two attached hydrogens (primary N) is 1. The molecule has 0 aliphatic carbocycles. The summed E-state index contributed by atoms with van der Waals surface area (Å²) in [6, 6.07) is 33.8. The molecule has 600 valence electrons. The van der Waals surface area contributed by atoms with Crippen LogP contribution < -0.4 is 43.0 Å². The van der Waals surface area contributed by atoms with Crippen molar-refractivity contribution in [3.05, 3.63) is 180 Å². The molecular weight excluding hydrogens is 1460 g/mol. The minimum Gasteiger partial charge on any atom is -0.370 e. The topological polar surface area (TPSA) is 328 Å². The van der Waals surface area contributed by atoms with Crippen molar-refractivity contribution in [3.8, 4) is 45.6 Å². The van der Waals surface area contributed by atoms with Crippen molar-refractivity contribution in [1.29, 1.82) is 0 Å². The van der Waals surface area contributed by atoms with Gasteiger partial charge >= 0.3 is 18.5 Å². The molecule has 112 heavy (non-hydrogen) atoms. The van der Waals surface area contributed by atoms with Gasteiger partial charge in [-0.2, -0.15) is 59.9 Å². The lowest BCUT2D eigenvalue weighted by Gasteiger charge is -2.44. The number of hydrogen-bond donors (Lipinski definition) is 12. The molecule has 0 spiro atoms. The monoisotopic (exact) mass is 1560 g/mol. The number of hydrogen-bond acceptors (Lipinski definition) is 20. The zero-order valence-electron chi connectivity index (χ0n) is 61.8. The van der Waals surface area contributed by atoms with Crippen molar-refractivity contribution in [2.45, 2.75) is 77.8 Å². The first-order valence-corrected chi connectivity index (χ1v) is 36.7. The molecule has 0 radical (unpaired) electrons. The quantitative estimate of drug-likeness (QED) is 0.0265. The van der Waals surface area contributed by atoms with Gasteiger partial charge in [0.25, 0.3) is 0 Å². The first kappa shape index (κ1) is 78.8. The lowest BCUT2D eigenvalue weighted by molar-refractivity contribution is -0.138. The average molecular weight is 1560 g/mol. The summed E-state index contributed by atoms with van der Waals surface area (Å²) < 4.78 is 137. The molecule has 3 aliphatic heterocycles. The number of nitrogens with zero attached hydrogens (tertiary/aromatic N) is 12. The molecule has 24 nitrogen and oxygen atoms in total. The van der Waals surface area contributed by atoms with Gasteiger partial charge in [0.05, 0.1) is 39.5 Å². The maximum Gasteiger partial charge on any atom is 0.418 e. The molecule has 13 N–H and O–H groups in total. The normalized spacial score (nSPS) is 15.3. The summed E-state index contributed by atoms with van der Waals surface area (Å²) in [6.07, 6.45) is -4.40. The van der Waals surface area contributed by atoms with E-state index in [0.717, 1.165) is 94.2 Å². The fourth-order valence-electron chi connectivity index (χ4n) is 14.3. The standard InChI is InChI=1S/C23H23F3N6.C20H23F3N6.C19H23FN6.C16H15F3N6.7H2/c1-2-22(13-27,15-7-4-3-5-8-15)14-29-18-11-10-17(23(24,25)26)20(30-18)19-16-9-6-12-28-21(16)32-31-19;1-12(2)8-19(9-24-10-19)11-26-15-6-5-14(20(21,22)23)17(27-15)16-13-4-3-7-25-18(13)29-28-16;1-12(2)8-19(9-21-10-19)11-23-15-6-5-14(20)17(24-15)16-13-4-3-7-22-18(13)26-25-16;17-16(18,19)11-3-4-12(22-8-9-6-20-7-9)23-14(11)13-10-2-1-5-21-15(10)25-24-13;;;;;;;/h3-12H,2,13-14,27H2,1H3,(H,29,30)(H,28,31,32);3-7,12,24H,8-11H2,1-2H3,(H,26,27)(H,25,28,29);3-7,12,21H,8-11H2,1-2H3,(H,23,24)(H,22,25,26);1-5,9,20H,6-8H2,(H,22,23)(H,21,24,25);7*1H. The van der Waals surface area contributed by atoms with Crippen molar-refractivity contribution >= 4 is 67.4 Å². The predicted molar refractivity (Wildman–Crippen MR) is 426 cm³/mol. The Morgan fingerprint density at radius 3 is 1.13 bits per heavy atom. The van der Waals surface area contributed by atoms with E-state index in [9.17, 15) is 43.9 Å². The number of alkyl halides is 9. The van der Waals surface area contributed by atoms with E-state index >= 15 is 0 Å². The molecule has 13 aromatic rings. The van der Waals surface area contributed by atoms with Gasteiger partial charge in [0.15, 0.2) is 28.4 Å². The number of aromatic amines is 4. The van der Waals surface area contributed by atoms with Crippen LogP contribution >= 0.6 is 0 Å². The van der Waals surface area contributed by atoms with Crippen molar-refractivity contribution < 1.29 is 53.9 Å². The summed E-state index contributed by atoms with van der Waals surface area (Å²) in [4.78, 5) is 33.8. The molecule has 3 fully saturated rings. The highest BCUT2D eigenvalue weighted by Crippen LogP contribution is 2.43. The van der Waals surface area contributed by atoms with Gasteiger partial charge in [-0.25, -0.2) is 44.3 Å². The van der Waals surface area contributed by atoms with E-state index in [1.165, 1.54) is 36.7 Å². The summed E-state index contributed by atoms with van der Waals surface area (Å²) >= 11 is 0. The highest BCUT2D eigenvalue weighted by molar-refractivity contribution is 5.93. The first-order valence-electron chi connectivity index (χ1n) is 36.7. The van der Waals surface area contributed by atoms with Gasteiger partial charge in [0, 0.05) is 150 Å². The molecule has 12 aromatic heterocycles. The first-order chi connectivity index (χ1) is 53.7. The summed E-state index contributed by atoms with van der Waals surface area (Å²) in [5.74, 6) is 3.07. The number of halogens is 10. The van der Waals surface area contributed by atoms with E-state index in [1.54, 1.807) is 60.9 Å². The maximum absolute atomic E-state index is 14.4. The SMILES string of the molecule is CC(C)CC1(CNc2ccc(C(F)(F)F)c(-c3[nH]nc4ncccc34)n2)CNC1.CC(C)CC1(CNc2ccc(F)c(-c3[nH]nc4ncccc34)n2)CNC1.CCC(CN)(CNc1ccc(C(F)(F)F)c(-c2[nH]nc3ncccc23)n1)c1ccccc1.FC(F)(F)c1ccc(NCC2CNC2)nc1-c1[nH]nc2ncccc12.[HH].[HH].[HH].[HH].[HH].[HH].[HH]. The van der Waals surface area contributed by atoms with Crippen LogP contribution in [-0.4, -0.2) is 153 Å². The summed E-state index contributed by atoms with van der Waals surface area (Å²) in [6.45, 7) is 19.4. The van der Waals surface area contributed by atoms with Crippen LogP contribution in [0, 0.1) is 34.4 Å². The fraction of sp³-hybridized carbons (Fsp3) is 0.359. The van der Waals surface area contributed by atoms with E-state index in [-0.39, 0.29) is 71.9 Å². The lowest BCUT2D eigenvalue weighted by Crippen LogP contribution is -2.57. The van der Waals surface area contributed by atoms with Gasteiger partial charge in [-0.1, -0.05) is 65.0 Å². The van der Waals surface area contributed by atoms with Gasteiger partial charge in [-0.15, -0.1) is 0 Å². The van der Waals surface area contributed by atoms with Gasteiger partial charge < -0.3 is 43.0 Å². The van der Waals surface area contributed by atoms with Crippen LogP contribution in [0.3, 0.4) is 0 Å².